The first kappa shape index (κ1) is 14.9. The van der Waals surface area contributed by atoms with Gasteiger partial charge in [-0.05, 0) is 47.5 Å². The fourth-order valence-electron chi connectivity index (χ4n) is 1.33. The lowest BCUT2D eigenvalue weighted by atomic mass is 10.1. The van der Waals surface area contributed by atoms with Gasteiger partial charge in [-0.25, -0.2) is 0 Å². The SMILES string of the molecule is CCC(C)(N)OCCC(C)(C)OC(C)C. The summed E-state index contributed by atoms with van der Waals surface area (Å²) in [6.45, 7) is 12.8. The lowest BCUT2D eigenvalue weighted by Crippen LogP contribution is -2.40. The maximum Gasteiger partial charge on any atom is 0.113 e. The molecule has 3 heteroatoms. The van der Waals surface area contributed by atoms with Gasteiger partial charge in [-0.3, -0.25) is 0 Å². The van der Waals surface area contributed by atoms with Crippen LogP contribution in [0.3, 0.4) is 0 Å². The summed E-state index contributed by atoms with van der Waals surface area (Å²) in [4.78, 5) is 0. The van der Waals surface area contributed by atoms with Crippen LogP contribution >= 0.6 is 0 Å². The first-order valence-electron chi connectivity index (χ1n) is 5.79. The predicted molar refractivity (Wildman–Crippen MR) is 63.8 cm³/mol. The minimum absolute atomic E-state index is 0.141. The maximum atomic E-state index is 5.88. The van der Waals surface area contributed by atoms with Gasteiger partial charge in [-0.2, -0.15) is 0 Å². The minimum Gasteiger partial charge on any atom is -0.373 e. The van der Waals surface area contributed by atoms with E-state index in [2.05, 4.69) is 13.8 Å². The zero-order chi connectivity index (χ0) is 12.1. The van der Waals surface area contributed by atoms with E-state index >= 15 is 0 Å². The Morgan fingerprint density at radius 1 is 1.20 bits per heavy atom. The zero-order valence-corrected chi connectivity index (χ0v) is 11.1. The maximum absolute atomic E-state index is 5.88. The number of nitrogens with two attached hydrogens (primary N) is 1. The quantitative estimate of drug-likeness (QED) is 0.667. The third-order valence-electron chi connectivity index (χ3n) is 2.39. The highest BCUT2D eigenvalue weighted by Gasteiger charge is 2.22. The van der Waals surface area contributed by atoms with Crippen molar-refractivity contribution >= 4 is 0 Å². The molecule has 0 saturated heterocycles. The Morgan fingerprint density at radius 2 is 1.73 bits per heavy atom. The van der Waals surface area contributed by atoms with Gasteiger partial charge in [0.05, 0.1) is 18.3 Å². The van der Waals surface area contributed by atoms with Crippen LogP contribution in [-0.2, 0) is 9.47 Å². The summed E-state index contributed by atoms with van der Waals surface area (Å²) >= 11 is 0. The molecule has 0 saturated carbocycles. The number of hydrogen-bond donors (Lipinski definition) is 1. The van der Waals surface area contributed by atoms with Crippen molar-refractivity contribution in [1.82, 2.24) is 0 Å². The molecule has 0 heterocycles. The molecule has 0 aromatic heterocycles. The Hall–Kier alpha value is -0.120. The normalized spacial score (nSPS) is 16.8. The molecule has 0 aliphatic carbocycles. The summed E-state index contributed by atoms with van der Waals surface area (Å²) < 4.78 is 11.4. The Balaban J connectivity index is 3.84. The number of ether oxygens (including phenoxy) is 2. The second-order valence-electron chi connectivity index (χ2n) is 5.19. The molecule has 1 unspecified atom stereocenters. The zero-order valence-electron chi connectivity index (χ0n) is 11.1. The molecule has 0 aliphatic rings. The van der Waals surface area contributed by atoms with Gasteiger partial charge in [-0.15, -0.1) is 0 Å². The van der Waals surface area contributed by atoms with Gasteiger partial charge in [0.2, 0.25) is 0 Å². The predicted octanol–water partition coefficient (Wildman–Crippen LogP) is 2.68. The molecule has 0 radical (unpaired) electrons. The molecular weight excluding hydrogens is 190 g/mol. The number of rotatable bonds is 7. The van der Waals surface area contributed by atoms with Crippen molar-refractivity contribution in [3.63, 3.8) is 0 Å². The summed E-state index contributed by atoms with van der Waals surface area (Å²) in [7, 11) is 0. The molecule has 0 spiro atoms. The fraction of sp³-hybridized carbons (Fsp3) is 1.00. The Labute approximate surface area is 94.3 Å². The molecule has 0 fully saturated rings. The van der Waals surface area contributed by atoms with Crippen LogP contribution < -0.4 is 5.73 Å². The smallest absolute Gasteiger partial charge is 0.113 e. The van der Waals surface area contributed by atoms with E-state index in [4.69, 9.17) is 15.2 Å². The molecule has 0 rings (SSSR count). The Bertz CT molecular complexity index is 176. The van der Waals surface area contributed by atoms with Crippen molar-refractivity contribution in [3.05, 3.63) is 0 Å². The lowest BCUT2D eigenvalue weighted by molar-refractivity contribution is -0.0949. The van der Waals surface area contributed by atoms with Crippen LogP contribution in [-0.4, -0.2) is 24.0 Å². The van der Waals surface area contributed by atoms with E-state index in [-0.39, 0.29) is 11.7 Å². The van der Waals surface area contributed by atoms with Gasteiger partial charge in [0.15, 0.2) is 0 Å². The van der Waals surface area contributed by atoms with Crippen LogP contribution in [0.2, 0.25) is 0 Å². The molecule has 0 amide bonds. The van der Waals surface area contributed by atoms with Gasteiger partial charge in [0.1, 0.15) is 5.72 Å². The molecular formula is C12H27NO2. The first-order valence-corrected chi connectivity index (χ1v) is 5.79. The van der Waals surface area contributed by atoms with E-state index < -0.39 is 5.72 Å². The molecule has 2 N–H and O–H groups in total. The standard InChI is InChI=1S/C12H27NO2/c1-7-12(6,13)14-9-8-11(4,5)15-10(2)3/h10H,7-9,13H2,1-6H3. The van der Waals surface area contributed by atoms with Gasteiger partial charge >= 0.3 is 0 Å². The van der Waals surface area contributed by atoms with Crippen molar-refractivity contribution < 1.29 is 9.47 Å². The van der Waals surface area contributed by atoms with Crippen LogP contribution in [0, 0.1) is 0 Å². The summed E-state index contributed by atoms with van der Waals surface area (Å²) in [6.07, 6.45) is 1.92. The van der Waals surface area contributed by atoms with E-state index in [9.17, 15) is 0 Å². The average Bonchev–Trinajstić information content (AvgIpc) is 2.00. The third-order valence-corrected chi connectivity index (χ3v) is 2.39. The van der Waals surface area contributed by atoms with E-state index in [1.54, 1.807) is 0 Å². The van der Waals surface area contributed by atoms with Crippen LogP contribution in [0.4, 0.5) is 0 Å². The third kappa shape index (κ3) is 7.77. The van der Waals surface area contributed by atoms with Crippen molar-refractivity contribution in [2.24, 2.45) is 5.73 Å². The fourth-order valence-corrected chi connectivity index (χ4v) is 1.33. The molecule has 0 aliphatic heterocycles. The van der Waals surface area contributed by atoms with Crippen LogP contribution in [0.25, 0.3) is 0 Å². The van der Waals surface area contributed by atoms with E-state index in [1.165, 1.54) is 0 Å². The summed E-state index contributed by atoms with van der Waals surface area (Å²) in [5.41, 5.74) is 5.24. The largest absolute Gasteiger partial charge is 0.373 e. The topological polar surface area (TPSA) is 44.5 Å². The summed E-state index contributed by atoms with van der Waals surface area (Å²) in [5.74, 6) is 0. The van der Waals surface area contributed by atoms with Crippen molar-refractivity contribution in [2.45, 2.75) is 71.8 Å². The number of hydrogen-bond acceptors (Lipinski definition) is 3. The monoisotopic (exact) mass is 217 g/mol. The van der Waals surface area contributed by atoms with E-state index in [1.807, 2.05) is 27.7 Å². The van der Waals surface area contributed by atoms with Gasteiger partial charge in [0.25, 0.3) is 0 Å². The average molecular weight is 217 g/mol. The molecule has 1 atom stereocenters. The second-order valence-corrected chi connectivity index (χ2v) is 5.19. The first-order chi connectivity index (χ1) is 6.68. The van der Waals surface area contributed by atoms with Gasteiger partial charge in [0, 0.05) is 0 Å². The highest BCUT2D eigenvalue weighted by molar-refractivity contribution is 4.71. The highest BCUT2D eigenvalue weighted by Crippen LogP contribution is 2.18. The summed E-state index contributed by atoms with van der Waals surface area (Å²) in [5, 5.41) is 0. The van der Waals surface area contributed by atoms with Crippen molar-refractivity contribution in [3.8, 4) is 0 Å². The van der Waals surface area contributed by atoms with E-state index in [0.29, 0.717) is 6.61 Å². The summed E-state index contributed by atoms with van der Waals surface area (Å²) in [6, 6.07) is 0. The van der Waals surface area contributed by atoms with Crippen LogP contribution in [0.15, 0.2) is 0 Å². The minimum atomic E-state index is -0.506. The molecule has 15 heavy (non-hydrogen) atoms. The molecule has 0 bridgehead atoms. The Kier molecular flexibility index (Phi) is 5.78. The lowest BCUT2D eigenvalue weighted by Gasteiger charge is -2.30. The molecule has 0 aromatic carbocycles. The van der Waals surface area contributed by atoms with Crippen LogP contribution in [0.5, 0.6) is 0 Å². The molecule has 0 aromatic rings. The molecule has 92 valence electrons. The van der Waals surface area contributed by atoms with Crippen molar-refractivity contribution in [2.75, 3.05) is 6.61 Å². The Morgan fingerprint density at radius 3 is 2.13 bits per heavy atom. The van der Waals surface area contributed by atoms with Gasteiger partial charge < -0.3 is 15.2 Å². The second kappa shape index (κ2) is 5.83. The van der Waals surface area contributed by atoms with Crippen LogP contribution in [0.1, 0.15) is 54.4 Å². The van der Waals surface area contributed by atoms with E-state index in [0.717, 1.165) is 12.8 Å². The van der Waals surface area contributed by atoms with Crippen molar-refractivity contribution in [1.29, 1.82) is 0 Å². The van der Waals surface area contributed by atoms with Gasteiger partial charge in [-0.1, -0.05) is 6.92 Å². The highest BCUT2D eigenvalue weighted by atomic mass is 16.5. The molecule has 3 nitrogen and oxygen atoms in total.